The summed E-state index contributed by atoms with van der Waals surface area (Å²) in [4.78, 5) is 30.4. The average molecular weight is 371 g/mol. The van der Waals surface area contributed by atoms with E-state index in [1.807, 2.05) is 24.0 Å². The Morgan fingerprint density at radius 3 is 2.59 bits per heavy atom. The van der Waals surface area contributed by atoms with Crippen LogP contribution in [0.1, 0.15) is 30.9 Å². The second-order valence-corrected chi connectivity index (χ2v) is 7.02. The number of carbonyl (C=O) groups is 2. The van der Waals surface area contributed by atoms with Crippen molar-refractivity contribution in [3.63, 3.8) is 0 Å². The van der Waals surface area contributed by atoms with Crippen LogP contribution >= 0.6 is 0 Å². The number of aliphatic imine (C=N–C) groups is 1. The molecule has 2 aliphatic rings. The Labute approximate surface area is 160 Å². The van der Waals surface area contributed by atoms with Gasteiger partial charge in [-0.3, -0.25) is 9.59 Å². The minimum atomic E-state index is 0.0312. The standard InChI is InChI=1S/C20H29N5O2/c1-2-21-20(23-11-10-22-19(27)16-7-8-16)24-13-18(26)25-12-9-15-5-3-4-6-17(15)14-25/h3-6,16H,2,7-14H2,1H3,(H,22,27)(H2,21,23,24). The van der Waals surface area contributed by atoms with E-state index < -0.39 is 0 Å². The third-order valence-corrected chi connectivity index (χ3v) is 4.86. The summed E-state index contributed by atoms with van der Waals surface area (Å²) in [6.07, 6.45) is 2.91. The predicted octanol–water partition coefficient (Wildman–Crippen LogP) is 0.653. The van der Waals surface area contributed by atoms with Gasteiger partial charge in [-0.05, 0) is 37.3 Å². The molecule has 3 N–H and O–H groups in total. The SMILES string of the molecule is CCNC(=NCC(=O)N1CCc2ccccc2C1)NCCNC(=O)C1CC1. The smallest absolute Gasteiger partial charge is 0.244 e. The molecule has 1 aromatic rings. The van der Waals surface area contributed by atoms with Gasteiger partial charge in [0.15, 0.2) is 5.96 Å². The van der Waals surface area contributed by atoms with E-state index in [1.165, 1.54) is 11.1 Å². The van der Waals surface area contributed by atoms with Crippen LogP contribution in [-0.2, 0) is 22.6 Å². The lowest BCUT2D eigenvalue weighted by Gasteiger charge is -2.28. The molecule has 146 valence electrons. The van der Waals surface area contributed by atoms with E-state index in [1.54, 1.807) is 0 Å². The van der Waals surface area contributed by atoms with Crippen LogP contribution in [0.25, 0.3) is 0 Å². The van der Waals surface area contributed by atoms with Crippen LogP contribution in [-0.4, -0.2) is 55.4 Å². The van der Waals surface area contributed by atoms with Gasteiger partial charge in [0.25, 0.3) is 0 Å². The van der Waals surface area contributed by atoms with E-state index in [2.05, 4.69) is 33.1 Å². The first-order chi connectivity index (χ1) is 13.2. The Balaban J connectivity index is 1.44. The molecule has 1 aliphatic heterocycles. The van der Waals surface area contributed by atoms with E-state index in [0.29, 0.717) is 32.1 Å². The van der Waals surface area contributed by atoms with Crippen molar-refractivity contribution < 1.29 is 9.59 Å². The molecule has 0 atom stereocenters. The zero-order valence-electron chi connectivity index (χ0n) is 16.0. The zero-order valence-corrected chi connectivity index (χ0v) is 16.0. The van der Waals surface area contributed by atoms with Crippen LogP contribution in [0, 0.1) is 5.92 Å². The maximum atomic E-state index is 12.5. The molecule has 7 nitrogen and oxygen atoms in total. The van der Waals surface area contributed by atoms with Crippen molar-refractivity contribution in [2.24, 2.45) is 10.9 Å². The van der Waals surface area contributed by atoms with Crippen molar-refractivity contribution in [1.29, 1.82) is 0 Å². The number of amides is 2. The minimum absolute atomic E-state index is 0.0312. The van der Waals surface area contributed by atoms with Gasteiger partial charge in [-0.15, -0.1) is 0 Å². The van der Waals surface area contributed by atoms with Gasteiger partial charge < -0.3 is 20.9 Å². The lowest BCUT2D eigenvalue weighted by Crippen LogP contribution is -2.43. The Bertz CT molecular complexity index is 699. The molecular weight excluding hydrogens is 342 g/mol. The zero-order chi connectivity index (χ0) is 19.1. The van der Waals surface area contributed by atoms with Gasteiger partial charge in [0.05, 0.1) is 0 Å². The summed E-state index contributed by atoms with van der Waals surface area (Å²) < 4.78 is 0. The number of nitrogens with one attached hydrogen (secondary N) is 3. The molecule has 0 saturated heterocycles. The molecule has 1 heterocycles. The van der Waals surface area contributed by atoms with Crippen LogP contribution in [0.3, 0.4) is 0 Å². The van der Waals surface area contributed by atoms with Crippen molar-refractivity contribution in [3.8, 4) is 0 Å². The molecule has 0 radical (unpaired) electrons. The van der Waals surface area contributed by atoms with Crippen molar-refractivity contribution in [2.75, 3.05) is 32.7 Å². The van der Waals surface area contributed by atoms with Crippen LogP contribution in [0.4, 0.5) is 0 Å². The van der Waals surface area contributed by atoms with Gasteiger partial charge in [-0.1, -0.05) is 24.3 Å². The molecule has 0 unspecified atom stereocenters. The molecule has 27 heavy (non-hydrogen) atoms. The quantitative estimate of drug-likeness (QED) is 0.373. The predicted molar refractivity (Wildman–Crippen MR) is 105 cm³/mol. The maximum Gasteiger partial charge on any atom is 0.244 e. The van der Waals surface area contributed by atoms with Crippen molar-refractivity contribution in [1.82, 2.24) is 20.9 Å². The second kappa shape index (κ2) is 9.39. The number of benzene rings is 1. The summed E-state index contributed by atoms with van der Waals surface area (Å²) in [6.45, 7) is 5.34. The number of nitrogens with zero attached hydrogens (tertiary/aromatic N) is 2. The normalized spacial score (nSPS) is 16.5. The van der Waals surface area contributed by atoms with E-state index >= 15 is 0 Å². The lowest BCUT2D eigenvalue weighted by atomic mass is 10.00. The minimum Gasteiger partial charge on any atom is -0.357 e. The molecule has 1 fully saturated rings. The first-order valence-electron chi connectivity index (χ1n) is 9.82. The van der Waals surface area contributed by atoms with Gasteiger partial charge in [-0.2, -0.15) is 0 Å². The fraction of sp³-hybridized carbons (Fsp3) is 0.550. The largest absolute Gasteiger partial charge is 0.357 e. The molecule has 1 saturated carbocycles. The highest BCUT2D eigenvalue weighted by atomic mass is 16.2. The van der Waals surface area contributed by atoms with E-state index in [0.717, 1.165) is 25.8 Å². The van der Waals surface area contributed by atoms with Gasteiger partial charge in [0.1, 0.15) is 6.54 Å². The van der Waals surface area contributed by atoms with Crippen molar-refractivity contribution >= 4 is 17.8 Å². The first-order valence-corrected chi connectivity index (χ1v) is 9.82. The molecule has 2 amide bonds. The highest BCUT2D eigenvalue weighted by Gasteiger charge is 2.29. The number of hydrogen-bond donors (Lipinski definition) is 3. The molecule has 0 spiro atoms. The lowest BCUT2D eigenvalue weighted by molar-refractivity contribution is -0.130. The third-order valence-electron chi connectivity index (χ3n) is 4.86. The van der Waals surface area contributed by atoms with Gasteiger partial charge in [0, 0.05) is 38.6 Å². The highest BCUT2D eigenvalue weighted by molar-refractivity contribution is 5.85. The summed E-state index contributed by atoms with van der Waals surface area (Å²) >= 11 is 0. The summed E-state index contributed by atoms with van der Waals surface area (Å²) in [5.41, 5.74) is 2.55. The highest BCUT2D eigenvalue weighted by Crippen LogP contribution is 2.28. The van der Waals surface area contributed by atoms with Crippen LogP contribution in [0.15, 0.2) is 29.3 Å². The van der Waals surface area contributed by atoms with Crippen LogP contribution in [0.5, 0.6) is 0 Å². The number of rotatable bonds is 7. The number of fused-ring (bicyclic) bond motifs is 1. The molecule has 7 heteroatoms. The number of hydrogen-bond acceptors (Lipinski definition) is 3. The maximum absolute atomic E-state index is 12.5. The third kappa shape index (κ3) is 5.70. The average Bonchev–Trinajstić information content (AvgIpc) is 3.53. The summed E-state index contributed by atoms with van der Waals surface area (Å²) in [6, 6.07) is 8.27. The summed E-state index contributed by atoms with van der Waals surface area (Å²) in [5, 5.41) is 9.21. The molecule has 1 aliphatic carbocycles. The van der Waals surface area contributed by atoms with Crippen molar-refractivity contribution in [2.45, 2.75) is 32.7 Å². The molecule has 3 rings (SSSR count). The van der Waals surface area contributed by atoms with E-state index in [9.17, 15) is 9.59 Å². The van der Waals surface area contributed by atoms with Crippen LogP contribution < -0.4 is 16.0 Å². The Hall–Kier alpha value is -2.57. The van der Waals surface area contributed by atoms with Crippen LogP contribution in [0.2, 0.25) is 0 Å². The topological polar surface area (TPSA) is 85.8 Å². The Morgan fingerprint density at radius 2 is 1.85 bits per heavy atom. The Morgan fingerprint density at radius 1 is 1.11 bits per heavy atom. The fourth-order valence-electron chi connectivity index (χ4n) is 3.15. The molecule has 0 bridgehead atoms. The van der Waals surface area contributed by atoms with Gasteiger partial charge in [-0.25, -0.2) is 4.99 Å². The number of carbonyl (C=O) groups excluding carboxylic acids is 2. The van der Waals surface area contributed by atoms with E-state index in [4.69, 9.17) is 0 Å². The van der Waals surface area contributed by atoms with Gasteiger partial charge >= 0.3 is 0 Å². The first kappa shape index (κ1) is 19.2. The van der Waals surface area contributed by atoms with E-state index in [-0.39, 0.29) is 24.3 Å². The Kier molecular flexibility index (Phi) is 6.68. The fourth-order valence-corrected chi connectivity index (χ4v) is 3.15. The summed E-state index contributed by atoms with van der Waals surface area (Å²) in [7, 11) is 0. The summed E-state index contributed by atoms with van der Waals surface area (Å²) in [5.74, 6) is 0.992. The van der Waals surface area contributed by atoms with Crippen molar-refractivity contribution in [3.05, 3.63) is 35.4 Å². The molecule has 1 aromatic carbocycles. The number of guanidine groups is 1. The molecule has 0 aromatic heterocycles. The second-order valence-electron chi connectivity index (χ2n) is 7.02. The molecular formula is C20H29N5O2. The van der Waals surface area contributed by atoms with Gasteiger partial charge in [0.2, 0.25) is 11.8 Å². The monoisotopic (exact) mass is 371 g/mol.